The third-order valence-corrected chi connectivity index (χ3v) is 26.2. The van der Waals surface area contributed by atoms with Crippen molar-refractivity contribution in [1.29, 1.82) is 0 Å². The molecule has 1 aromatic rings. The van der Waals surface area contributed by atoms with Crippen LogP contribution >= 0.6 is 22.2 Å². The summed E-state index contributed by atoms with van der Waals surface area (Å²) < 4.78 is 23.3. The molecule has 0 aromatic heterocycles. The predicted molar refractivity (Wildman–Crippen MR) is 212 cm³/mol. The Labute approximate surface area is 294 Å². The van der Waals surface area contributed by atoms with Crippen molar-refractivity contribution >= 4 is 59.0 Å². The summed E-state index contributed by atoms with van der Waals surface area (Å²) in [6.07, 6.45) is 10.9. The number of rotatable bonds is 22. The molecule has 0 radical (unpaired) electrons. The monoisotopic (exact) mass is 734 g/mol. The van der Waals surface area contributed by atoms with E-state index < -0.39 is 42.5 Å². The lowest BCUT2D eigenvalue weighted by atomic mass is 9.77. The van der Waals surface area contributed by atoms with E-state index in [-0.39, 0.29) is 10.3 Å². The molecule has 0 bridgehead atoms. The van der Waals surface area contributed by atoms with Crippen LogP contribution in [0.3, 0.4) is 0 Å². The van der Waals surface area contributed by atoms with Gasteiger partial charge in [-0.1, -0.05) is 118 Å². The fourth-order valence-corrected chi connectivity index (χ4v) is 25.9. The zero-order valence-corrected chi connectivity index (χ0v) is 37.7. The van der Waals surface area contributed by atoms with Crippen LogP contribution in [-0.4, -0.2) is 47.7 Å². The minimum atomic E-state index is -2.90. The first-order valence-electron chi connectivity index (χ1n) is 18.2. The Morgan fingerprint density at radius 1 is 0.578 bits per heavy atom. The van der Waals surface area contributed by atoms with Crippen LogP contribution in [0.4, 0.5) is 0 Å². The second kappa shape index (κ2) is 17.0. The molecule has 3 unspecified atom stereocenters. The number of hydrogen-bond donors (Lipinski definition) is 0. The van der Waals surface area contributed by atoms with Crippen molar-refractivity contribution in [3.8, 4) is 0 Å². The van der Waals surface area contributed by atoms with Crippen molar-refractivity contribution < 1.29 is 13.3 Å². The van der Waals surface area contributed by atoms with Crippen molar-refractivity contribution in [3.63, 3.8) is 0 Å². The molecule has 0 aliphatic heterocycles. The first-order chi connectivity index (χ1) is 20.7. The van der Waals surface area contributed by atoms with Crippen molar-refractivity contribution in [1.82, 2.24) is 0 Å². The normalized spacial score (nSPS) is 17.9. The van der Waals surface area contributed by atoms with Gasteiger partial charge < -0.3 is 13.3 Å². The van der Waals surface area contributed by atoms with E-state index in [1.165, 1.54) is 5.19 Å². The van der Waals surface area contributed by atoms with Gasteiger partial charge in [-0.2, -0.15) is 11.1 Å². The Hall–Kier alpha value is 0.548. The van der Waals surface area contributed by atoms with E-state index in [0.29, 0.717) is 0 Å². The summed E-state index contributed by atoms with van der Waals surface area (Å²) in [4.78, 5) is 0. The summed E-state index contributed by atoms with van der Waals surface area (Å²) in [6.45, 7) is 34.9. The summed E-state index contributed by atoms with van der Waals surface area (Å²) in [5, 5.41) is 0.437. The Kier molecular flexibility index (Phi) is 16.4. The van der Waals surface area contributed by atoms with Crippen molar-refractivity contribution in [2.24, 2.45) is 0 Å². The number of hydrogen-bond acceptors (Lipinski definition) is 3. The lowest BCUT2D eigenvalue weighted by molar-refractivity contribution is -0.0411. The molecule has 0 saturated heterocycles. The van der Waals surface area contributed by atoms with E-state index in [4.69, 9.17) is 35.4 Å². The third kappa shape index (κ3) is 8.83. The van der Waals surface area contributed by atoms with Gasteiger partial charge in [-0.25, -0.2) is 0 Å². The van der Waals surface area contributed by atoms with Crippen LogP contribution in [0, 0.1) is 0 Å². The van der Waals surface area contributed by atoms with Crippen molar-refractivity contribution in [3.05, 3.63) is 30.3 Å². The largest absolute Gasteiger partial charge is 0.412 e. The highest BCUT2D eigenvalue weighted by Crippen LogP contribution is 2.61. The summed E-state index contributed by atoms with van der Waals surface area (Å²) in [7, 11) is -10.1. The van der Waals surface area contributed by atoms with Crippen LogP contribution < -0.4 is 5.19 Å². The second-order valence-electron chi connectivity index (χ2n) is 15.1. The molecule has 0 amide bonds. The van der Waals surface area contributed by atoms with Gasteiger partial charge in [0.1, 0.15) is 0 Å². The Morgan fingerprint density at radius 3 is 1.44 bits per heavy atom. The fraction of sp³-hybridized carbons (Fsp3) is 0.833. The maximum absolute atomic E-state index is 8.31. The molecule has 0 saturated carbocycles. The SMILES string of the molecule is CCCCC(CC)(O[Si](C)(C)Cl)[Si](C)(OC(CC)(CCC)C(CC)(CC)[Si](C)(C)OC(CC)(CC)[Si](C)(C)Cl)c1ccccc1. The minimum Gasteiger partial charge on any atom is -0.412 e. The van der Waals surface area contributed by atoms with Gasteiger partial charge in [0.25, 0.3) is 15.9 Å². The quantitative estimate of drug-likeness (QED) is 0.0876. The van der Waals surface area contributed by atoms with Gasteiger partial charge in [-0.3, -0.25) is 0 Å². The van der Waals surface area contributed by atoms with E-state index in [9.17, 15) is 0 Å². The van der Waals surface area contributed by atoms with E-state index in [0.717, 1.165) is 70.6 Å². The highest BCUT2D eigenvalue weighted by atomic mass is 35.6. The smallest absolute Gasteiger partial charge is 0.284 e. The molecule has 9 heteroatoms. The number of benzene rings is 1. The average molecular weight is 736 g/mol. The number of unbranched alkanes of at least 4 members (excludes halogenated alkanes) is 1. The molecule has 0 heterocycles. The Bertz CT molecular complexity index is 1010. The highest BCUT2D eigenvalue weighted by Gasteiger charge is 2.66. The van der Waals surface area contributed by atoms with Gasteiger partial charge in [-0.05, 0) is 89.3 Å². The summed E-state index contributed by atoms with van der Waals surface area (Å²) >= 11 is 14.5. The molecular weight excluding hydrogens is 664 g/mol. The maximum atomic E-state index is 8.31. The summed E-state index contributed by atoms with van der Waals surface area (Å²) in [5.41, 5.74) is -0.392. The highest BCUT2D eigenvalue weighted by molar-refractivity contribution is 7.20. The van der Waals surface area contributed by atoms with Crippen LogP contribution in [0.1, 0.15) is 126 Å². The van der Waals surface area contributed by atoms with E-state index in [1.807, 2.05) is 0 Å². The topological polar surface area (TPSA) is 27.7 Å². The summed E-state index contributed by atoms with van der Waals surface area (Å²) in [6, 6.07) is 11.1. The Morgan fingerprint density at radius 2 is 1.09 bits per heavy atom. The molecule has 0 aliphatic rings. The first-order valence-corrected chi connectivity index (χ1v) is 31.5. The number of halogens is 2. The molecule has 3 nitrogen and oxygen atoms in total. The lowest BCUT2D eigenvalue weighted by Gasteiger charge is -2.63. The van der Waals surface area contributed by atoms with Gasteiger partial charge in [0.2, 0.25) is 0 Å². The molecule has 0 fully saturated rings. The average Bonchev–Trinajstić information content (AvgIpc) is 2.97. The predicted octanol–water partition coefficient (Wildman–Crippen LogP) is 12.6. The fourth-order valence-electron chi connectivity index (χ4n) is 9.08. The molecule has 1 aromatic carbocycles. The molecule has 0 spiro atoms. The second-order valence-corrected chi connectivity index (χ2v) is 35.4. The standard InChI is InChI=1S/C36H72Cl2O3Si4/c1-16-24-31-36(23-8,41-44(13,14)38)45(15,32-28-26-25-27-29-32)39-33(18-3,30-17-2)34(19-4,20-5)43(11,12)40-35(21-6,22-7)42(9,10)37/h25-29H,16-24,30-31H2,1-15H3. The Balaban J connectivity index is 4.29. The van der Waals surface area contributed by atoms with Crippen LogP contribution in [0.5, 0.6) is 0 Å². The zero-order chi connectivity index (χ0) is 35.0. The molecule has 0 aliphatic carbocycles. The molecule has 0 N–H and O–H groups in total. The van der Waals surface area contributed by atoms with E-state index >= 15 is 0 Å². The molecular formula is C36H72Cl2O3Si4. The maximum Gasteiger partial charge on any atom is 0.284 e. The van der Waals surface area contributed by atoms with Crippen LogP contribution in [0.15, 0.2) is 30.3 Å². The van der Waals surface area contributed by atoms with Crippen LogP contribution in [0.2, 0.25) is 50.9 Å². The summed E-state index contributed by atoms with van der Waals surface area (Å²) in [5.74, 6) is 0. The lowest BCUT2D eigenvalue weighted by Crippen LogP contribution is -2.74. The minimum absolute atomic E-state index is 0.141. The van der Waals surface area contributed by atoms with Gasteiger partial charge in [0.15, 0.2) is 15.7 Å². The molecule has 1 rings (SSSR count). The van der Waals surface area contributed by atoms with E-state index in [2.05, 4.69) is 132 Å². The molecule has 45 heavy (non-hydrogen) atoms. The third-order valence-electron chi connectivity index (χ3n) is 11.7. The first kappa shape index (κ1) is 43.6. The van der Waals surface area contributed by atoms with Crippen molar-refractivity contribution in [2.45, 2.75) is 193 Å². The van der Waals surface area contributed by atoms with Gasteiger partial charge in [-0.15, -0.1) is 11.1 Å². The molecule has 3 atom stereocenters. The van der Waals surface area contributed by atoms with Gasteiger partial charge in [0, 0.05) is 5.04 Å². The zero-order valence-electron chi connectivity index (χ0n) is 32.1. The van der Waals surface area contributed by atoms with Crippen molar-refractivity contribution in [2.75, 3.05) is 0 Å². The van der Waals surface area contributed by atoms with Gasteiger partial charge >= 0.3 is 0 Å². The van der Waals surface area contributed by atoms with Crippen LogP contribution in [0.25, 0.3) is 0 Å². The van der Waals surface area contributed by atoms with Crippen LogP contribution in [-0.2, 0) is 13.3 Å². The van der Waals surface area contributed by atoms with Gasteiger partial charge in [0.05, 0.1) is 16.0 Å². The van der Waals surface area contributed by atoms with E-state index in [1.54, 1.807) is 0 Å². The molecule has 264 valence electrons.